The standard InChI is InChI=1S/C12H8F2O2/c13-8-5-9(14)7-10(6-8)16-12-4-2-1-3-11(12)15/h1-7,15H. The van der Waals surface area contributed by atoms with Gasteiger partial charge in [0.1, 0.15) is 17.4 Å². The van der Waals surface area contributed by atoms with Crippen LogP contribution in [0.25, 0.3) is 0 Å². The molecule has 2 nitrogen and oxygen atoms in total. The van der Waals surface area contributed by atoms with Gasteiger partial charge in [0, 0.05) is 18.2 Å². The third-order valence-corrected chi connectivity index (χ3v) is 1.93. The summed E-state index contributed by atoms with van der Waals surface area (Å²) in [5, 5.41) is 9.40. The topological polar surface area (TPSA) is 29.5 Å². The lowest BCUT2D eigenvalue weighted by Crippen LogP contribution is -1.87. The van der Waals surface area contributed by atoms with E-state index in [1.54, 1.807) is 12.1 Å². The van der Waals surface area contributed by atoms with Gasteiger partial charge < -0.3 is 9.84 Å². The second-order valence-electron chi connectivity index (χ2n) is 3.17. The van der Waals surface area contributed by atoms with E-state index in [4.69, 9.17) is 4.74 Å². The van der Waals surface area contributed by atoms with Crippen molar-refractivity contribution in [3.05, 3.63) is 54.1 Å². The monoisotopic (exact) mass is 222 g/mol. The molecule has 0 atom stereocenters. The first-order valence-electron chi connectivity index (χ1n) is 4.57. The zero-order valence-electron chi connectivity index (χ0n) is 8.15. The highest BCUT2D eigenvalue weighted by atomic mass is 19.1. The van der Waals surface area contributed by atoms with Crippen LogP contribution in [0, 0.1) is 11.6 Å². The van der Waals surface area contributed by atoms with Gasteiger partial charge in [0.15, 0.2) is 11.5 Å². The molecule has 0 aliphatic carbocycles. The van der Waals surface area contributed by atoms with Gasteiger partial charge in [0.05, 0.1) is 0 Å². The summed E-state index contributed by atoms with van der Waals surface area (Å²) >= 11 is 0. The van der Waals surface area contributed by atoms with E-state index in [0.717, 1.165) is 18.2 Å². The maximum atomic E-state index is 12.8. The van der Waals surface area contributed by atoms with Gasteiger partial charge in [0.2, 0.25) is 0 Å². The summed E-state index contributed by atoms with van der Waals surface area (Å²) in [6, 6.07) is 9.00. The first-order chi connectivity index (χ1) is 7.65. The maximum absolute atomic E-state index is 12.8. The highest BCUT2D eigenvalue weighted by Crippen LogP contribution is 2.30. The summed E-state index contributed by atoms with van der Waals surface area (Å²) in [6.07, 6.45) is 0. The smallest absolute Gasteiger partial charge is 0.169 e. The molecule has 82 valence electrons. The maximum Gasteiger partial charge on any atom is 0.169 e. The summed E-state index contributed by atoms with van der Waals surface area (Å²) in [5.74, 6) is -1.41. The second kappa shape index (κ2) is 4.18. The van der Waals surface area contributed by atoms with E-state index in [1.807, 2.05) is 0 Å². The van der Waals surface area contributed by atoms with Gasteiger partial charge in [-0.15, -0.1) is 0 Å². The summed E-state index contributed by atoms with van der Waals surface area (Å²) in [6.45, 7) is 0. The molecular weight excluding hydrogens is 214 g/mol. The van der Waals surface area contributed by atoms with Gasteiger partial charge in [-0.1, -0.05) is 12.1 Å². The minimum atomic E-state index is -0.731. The average molecular weight is 222 g/mol. The molecule has 0 spiro atoms. The summed E-state index contributed by atoms with van der Waals surface area (Å²) in [4.78, 5) is 0. The number of benzene rings is 2. The van der Waals surface area contributed by atoms with Gasteiger partial charge in [-0.25, -0.2) is 8.78 Å². The van der Waals surface area contributed by atoms with Crippen molar-refractivity contribution in [2.24, 2.45) is 0 Å². The molecule has 0 aliphatic heterocycles. The van der Waals surface area contributed by atoms with Crippen LogP contribution in [-0.2, 0) is 0 Å². The normalized spacial score (nSPS) is 10.1. The van der Waals surface area contributed by atoms with Gasteiger partial charge in [0.25, 0.3) is 0 Å². The predicted octanol–water partition coefficient (Wildman–Crippen LogP) is 3.46. The van der Waals surface area contributed by atoms with Crippen LogP contribution >= 0.6 is 0 Å². The summed E-state index contributed by atoms with van der Waals surface area (Å²) in [5.41, 5.74) is 0. The third kappa shape index (κ3) is 2.28. The molecule has 0 bridgehead atoms. The van der Waals surface area contributed by atoms with E-state index in [0.29, 0.717) is 0 Å². The fourth-order valence-corrected chi connectivity index (χ4v) is 1.26. The lowest BCUT2D eigenvalue weighted by molar-refractivity contribution is 0.407. The molecule has 4 heteroatoms. The molecule has 2 aromatic rings. The van der Waals surface area contributed by atoms with Gasteiger partial charge in [-0.3, -0.25) is 0 Å². The van der Waals surface area contributed by atoms with E-state index in [1.165, 1.54) is 12.1 Å². The Hall–Kier alpha value is -2.10. The van der Waals surface area contributed by atoms with Crippen molar-refractivity contribution in [3.63, 3.8) is 0 Å². The largest absolute Gasteiger partial charge is 0.504 e. The molecule has 16 heavy (non-hydrogen) atoms. The van der Waals surface area contributed by atoms with E-state index in [-0.39, 0.29) is 17.2 Å². The molecule has 2 rings (SSSR count). The Bertz CT molecular complexity index is 492. The molecule has 0 fully saturated rings. The second-order valence-corrected chi connectivity index (χ2v) is 3.17. The number of para-hydroxylation sites is 2. The number of ether oxygens (including phenoxy) is 1. The number of hydrogen-bond acceptors (Lipinski definition) is 2. The van der Waals surface area contributed by atoms with Crippen molar-refractivity contribution < 1.29 is 18.6 Å². The number of hydrogen-bond donors (Lipinski definition) is 1. The Morgan fingerprint density at radius 3 is 2.19 bits per heavy atom. The van der Waals surface area contributed by atoms with Crippen molar-refractivity contribution in [2.75, 3.05) is 0 Å². The number of halogens is 2. The highest BCUT2D eigenvalue weighted by molar-refractivity contribution is 5.41. The Balaban J connectivity index is 2.30. The number of phenolic OH excluding ortho intramolecular Hbond substituents is 1. The molecule has 0 aliphatic rings. The average Bonchev–Trinajstić information content (AvgIpc) is 2.20. The molecule has 0 saturated heterocycles. The van der Waals surface area contributed by atoms with Crippen LogP contribution in [-0.4, -0.2) is 5.11 Å². The van der Waals surface area contributed by atoms with Gasteiger partial charge >= 0.3 is 0 Å². The minimum absolute atomic E-state index is 0.000926. The van der Waals surface area contributed by atoms with Gasteiger partial charge in [-0.05, 0) is 12.1 Å². The van der Waals surface area contributed by atoms with Crippen molar-refractivity contribution in [2.45, 2.75) is 0 Å². The third-order valence-electron chi connectivity index (χ3n) is 1.93. The number of phenols is 1. The van der Waals surface area contributed by atoms with Crippen molar-refractivity contribution in [1.82, 2.24) is 0 Å². The summed E-state index contributed by atoms with van der Waals surface area (Å²) < 4.78 is 30.8. The molecule has 0 unspecified atom stereocenters. The van der Waals surface area contributed by atoms with E-state index in [2.05, 4.69) is 0 Å². The van der Waals surface area contributed by atoms with Gasteiger partial charge in [-0.2, -0.15) is 0 Å². The van der Waals surface area contributed by atoms with E-state index >= 15 is 0 Å². The Labute approximate surface area is 90.7 Å². The highest BCUT2D eigenvalue weighted by Gasteiger charge is 2.05. The lowest BCUT2D eigenvalue weighted by Gasteiger charge is -2.07. The van der Waals surface area contributed by atoms with E-state index < -0.39 is 11.6 Å². The van der Waals surface area contributed by atoms with E-state index in [9.17, 15) is 13.9 Å². The van der Waals surface area contributed by atoms with Crippen LogP contribution in [0.4, 0.5) is 8.78 Å². The predicted molar refractivity (Wildman–Crippen MR) is 54.5 cm³/mol. The van der Waals surface area contributed by atoms with Crippen molar-refractivity contribution in [1.29, 1.82) is 0 Å². The van der Waals surface area contributed by atoms with Crippen LogP contribution in [0.15, 0.2) is 42.5 Å². The minimum Gasteiger partial charge on any atom is -0.504 e. The fourth-order valence-electron chi connectivity index (χ4n) is 1.26. The zero-order chi connectivity index (χ0) is 11.5. The molecule has 0 saturated carbocycles. The van der Waals surface area contributed by atoms with Crippen molar-refractivity contribution in [3.8, 4) is 17.2 Å². The fraction of sp³-hybridized carbons (Fsp3) is 0. The SMILES string of the molecule is Oc1ccccc1Oc1cc(F)cc(F)c1. The number of rotatable bonds is 2. The lowest BCUT2D eigenvalue weighted by atomic mass is 10.3. The first kappa shape index (κ1) is 10.4. The number of aromatic hydroxyl groups is 1. The van der Waals surface area contributed by atoms with Crippen LogP contribution in [0.1, 0.15) is 0 Å². The molecule has 0 amide bonds. The Kier molecular flexibility index (Phi) is 2.72. The molecule has 2 aromatic carbocycles. The van der Waals surface area contributed by atoms with Crippen LogP contribution in [0.3, 0.4) is 0 Å². The molecule has 0 aromatic heterocycles. The Morgan fingerprint density at radius 1 is 0.938 bits per heavy atom. The first-order valence-corrected chi connectivity index (χ1v) is 4.57. The molecular formula is C12H8F2O2. The van der Waals surface area contributed by atoms with Crippen LogP contribution < -0.4 is 4.74 Å². The Morgan fingerprint density at radius 2 is 1.56 bits per heavy atom. The molecule has 0 radical (unpaired) electrons. The molecule has 0 heterocycles. The quantitative estimate of drug-likeness (QED) is 0.843. The zero-order valence-corrected chi connectivity index (χ0v) is 8.15. The summed E-state index contributed by atoms with van der Waals surface area (Å²) in [7, 11) is 0. The van der Waals surface area contributed by atoms with Crippen LogP contribution in [0.2, 0.25) is 0 Å². The van der Waals surface area contributed by atoms with Crippen molar-refractivity contribution >= 4 is 0 Å². The molecule has 1 N–H and O–H groups in total. The van der Waals surface area contributed by atoms with Crippen LogP contribution in [0.5, 0.6) is 17.2 Å².